The lowest BCUT2D eigenvalue weighted by Crippen LogP contribution is -2.40. The van der Waals surface area contributed by atoms with Crippen LogP contribution in [0, 0.1) is 6.57 Å². The molecule has 0 aliphatic heterocycles. The van der Waals surface area contributed by atoms with Crippen molar-refractivity contribution in [1.82, 2.24) is 25.7 Å². The Morgan fingerprint density at radius 1 is 1.12 bits per heavy atom. The van der Waals surface area contributed by atoms with E-state index in [1.807, 2.05) is 31.4 Å². The maximum Gasteiger partial charge on any atom is 0.314 e. The molecule has 1 aliphatic rings. The van der Waals surface area contributed by atoms with E-state index in [4.69, 9.17) is 6.57 Å². The number of carbonyl (C=O) groups excluding carboxylic acids is 3. The Hall–Kier alpha value is -4.19. The number of nitrogens with zero attached hydrogens (tertiary/aromatic N) is 3. The second kappa shape index (κ2) is 8.51. The molecule has 162 valence electrons. The van der Waals surface area contributed by atoms with Crippen molar-refractivity contribution < 1.29 is 14.4 Å². The van der Waals surface area contributed by atoms with Gasteiger partial charge in [-0.2, -0.15) is 5.10 Å². The molecule has 1 fully saturated rings. The van der Waals surface area contributed by atoms with Crippen molar-refractivity contribution in [1.29, 1.82) is 0 Å². The van der Waals surface area contributed by atoms with Gasteiger partial charge < -0.3 is 10.6 Å². The molecule has 1 aliphatic carbocycles. The highest BCUT2D eigenvalue weighted by Gasteiger charge is 2.46. The Bertz CT molecular complexity index is 1250. The summed E-state index contributed by atoms with van der Waals surface area (Å²) in [4.78, 5) is 39.6. The van der Waals surface area contributed by atoms with Crippen LogP contribution in [0.15, 0.2) is 48.7 Å². The van der Waals surface area contributed by atoms with Gasteiger partial charge in [-0.05, 0) is 36.1 Å². The number of amides is 3. The van der Waals surface area contributed by atoms with Crippen LogP contribution in [0.5, 0.6) is 0 Å². The zero-order valence-corrected chi connectivity index (χ0v) is 17.5. The van der Waals surface area contributed by atoms with Crippen molar-refractivity contribution >= 4 is 28.6 Å². The number of rotatable bonds is 6. The van der Waals surface area contributed by atoms with Crippen molar-refractivity contribution in [2.45, 2.75) is 24.9 Å². The fourth-order valence-corrected chi connectivity index (χ4v) is 3.68. The molecule has 0 spiro atoms. The Labute approximate surface area is 184 Å². The van der Waals surface area contributed by atoms with Crippen molar-refractivity contribution in [3.05, 3.63) is 76.8 Å². The lowest BCUT2D eigenvalue weighted by atomic mass is 10.0. The fraction of sp³-hybridized carbons (Fsp3) is 0.261. The van der Waals surface area contributed by atoms with Gasteiger partial charge in [-0.25, -0.2) is 6.57 Å². The summed E-state index contributed by atoms with van der Waals surface area (Å²) in [5.74, 6) is -1.98. The van der Waals surface area contributed by atoms with Crippen LogP contribution in [0.25, 0.3) is 15.7 Å². The molecule has 3 N–H and O–H groups in total. The van der Waals surface area contributed by atoms with Gasteiger partial charge in [0.2, 0.25) is 0 Å². The topological polar surface area (TPSA) is 109 Å². The van der Waals surface area contributed by atoms with E-state index in [1.54, 1.807) is 28.9 Å². The molecule has 9 nitrogen and oxygen atoms in total. The largest absolute Gasteiger partial charge is 0.344 e. The number of hydrogen-bond donors (Lipinski definition) is 3. The highest BCUT2D eigenvalue weighted by molar-refractivity contribution is 6.35. The highest BCUT2D eigenvalue weighted by atomic mass is 16.2. The number of aromatic nitrogens is 2. The third kappa shape index (κ3) is 4.30. The molecule has 2 aromatic carbocycles. The number of nitrogens with one attached hydrogen (secondary N) is 3. The summed E-state index contributed by atoms with van der Waals surface area (Å²) >= 11 is 0. The average Bonchev–Trinajstić information content (AvgIpc) is 3.47. The maximum absolute atomic E-state index is 13.1. The molecule has 32 heavy (non-hydrogen) atoms. The number of fused-ring (bicyclic) bond motifs is 1. The molecule has 3 amide bonds. The van der Waals surface area contributed by atoms with Gasteiger partial charge in [-0.15, -0.1) is 0 Å². The van der Waals surface area contributed by atoms with Gasteiger partial charge in [-0.1, -0.05) is 30.3 Å². The minimum Gasteiger partial charge on any atom is -0.344 e. The van der Waals surface area contributed by atoms with Crippen LogP contribution in [0.2, 0.25) is 0 Å². The van der Waals surface area contributed by atoms with Crippen molar-refractivity contribution in [2.24, 2.45) is 7.05 Å². The van der Waals surface area contributed by atoms with Crippen LogP contribution in [0.3, 0.4) is 0 Å². The monoisotopic (exact) mass is 430 g/mol. The minimum absolute atomic E-state index is 0.0146. The zero-order valence-electron chi connectivity index (χ0n) is 17.5. The second-order valence-electron chi connectivity index (χ2n) is 7.77. The Balaban J connectivity index is 1.47. The number of benzene rings is 2. The van der Waals surface area contributed by atoms with Gasteiger partial charge in [0.1, 0.15) is 0 Å². The van der Waals surface area contributed by atoms with Gasteiger partial charge in [0, 0.05) is 30.7 Å². The Kier molecular flexibility index (Phi) is 5.60. The third-order valence-electron chi connectivity index (χ3n) is 5.50. The van der Waals surface area contributed by atoms with E-state index >= 15 is 0 Å². The first-order chi connectivity index (χ1) is 15.4. The fourth-order valence-electron chi connectivity index (χ4n) is 3.68. The molecule has 1 saturated carbocycles. The van der Waals surface area contributed by atoms with Crippen LogP contribution in [-0.4, -0.2) is 34.2 Å². The summed E-state index contributed by atoms with van der Waals surface area (Å²) in [5.41, 5.74) is 2.48. The summed E-state index contributed by atoms with van der Waals surface area (Å²) in [6, 6.07) is 13.0. The normalized spacial score (nSPS) is 13.8. The van der Waals surface area contributed by atoms with E-state index in [0.717, 1.165) is 29.3 Å². The molecular formula is C23H22N6O3. The van der Waals surface area contributed by atoms with Crippen LogP contribution in [0.4, 0.5) is 0 Å². The summed E-state index contributed by atoms with van der Waals surface area (Å²) in [6.45, 7) is 6.41. The molecule has 4 rings (SSSR count). The molecule has 1 aromatic heterocycles. The maximum atomic E-state index is 13.1. The number of aryl methyl sites for hydroxylation is 1. The van der Waals surface area contributed by atoms with Gasteiger partial charge >= 0.3 is 11.8 Å². The molecule has 0 radical (unpaired) electrons. The second-order valence-corrected chi connectivity index (χ2v) is 7.77. The van der Waals surface area contributed by atoms with Gasteiger partial charge in [0.05, 0.1) is 11.1 Å². The Morgan fingerprint density at radius 2 is 1.88 bits per heavy atom. The average molecular weight is 430 g/mol. The van der Waals surface area contributed by atoms with Crippen LogP contribution in [-0.2, 0) is 28.7 Å². The number of hydrogen-bond acceptors (Lipinski definition) is 4. The SMILES string of the molecule is [C-]#[N+]CNC(=O)C(=O)NCc1ccccc1C(=O)NC1(c2ccc3cn(C)nc3c2)CC1. The lowest BCUT2D eigenvalue weighted by Gasteiger charge is -2.19. The molecule has 0 atom stereocenters. The molecule has 3 aromatic rings. The first-order valence-electron chi connectivity index (χ1n) is 10.2. The first-order valence-corrected chi connectivity index (χ1v) is 10.2. The summed E-state index contributed by atoms with van der Waals surface area (Å²) in [6.07, 6.45) is 3.61. The van der Waals surface area contributed by atoms with E-state index in [9.17, 15) is 14.4 Å². The Morgan fingerprint density at radius 3 is 2.62 bits per heavy atom. The molecule has 0 unspecified atom stereocenters. The van der Waals surface area contributed by atoms with Gasteiger partial charge in [0.25, 0.3) is 12.6 Å². The third-order valence-corrected chi connectivity index (χ3v) is 5.50. The summed E-state index contributed by atoms with van der Waals surface area (Å²) < 4.78 is 1.76. The highest BCUT2D eigenvalue weighted by Crippen LogP contribution is 2.46. The predicted octanol–water partition coefficient (Wildman–Crippen LogP) is 1.60. The van der Waals surface area contributed by atoms with E-state index in [-0.39, 0.29) is 19.1 Å². The predicted molar refractivity (Wildman–Crippen MR) is 117 cm³/mol. The van der Waals surface area contributed by atoms with Crippen LogP contribution in [0.1, 0.15) is 34.3 Å². The summed E-state index contributed by atoms with van der Waals surface area (Å²) in [7, 11) is 1.87. The van der Waals surface area contributed by atoms with E-state index in [1.165, 1.54) is 0 Å². The molecule has 9 heteroatoms. The lowest BCUT2D eigenvalue weighted by molar-refractivity contribution is -0.139. The van der Waals surface area contributed by atoms with Crippen molar-refractivity contribution in [2.75, 3.05) is 6.67 Å². The van der Waals surface area contributed by atoms with Gasteiger partial charge in [0.15, 0.2) is 0 Å². The van der Waals surface area contributed by atoms with Gasteiger partial charge in [-0.3, -0.25) is 29.2 Å². The standard InChI is InChI=1S/C23H22N6O3/c1-24-14-26-22(32)21(31)25-12-15-5-3-4-6-18(15)20(30)27-23(9-10-23)17-8-7-16-13-29(2)28-19(16)11-17/h3-8,11,13H,9-10,12,14H2,2H3,(H,25,31)(H,26,32)(H,27,30). The minimum atomic E-state index is -0.884. The zero-order chi connectivity index (χ0) is 22.7. The summed E-state index contributed by atoms with van der Waals surface area (Å²) in [5, 5.41) is 13.3. The first kappa shape index (κ1) is 21.1. The van der Waals surface area contributed by atoms with E-state index in [2.05, 4.69) is 25.9 Å². The van der Waals surface area contributed by atoms with E-state index in [0.29, 0.717) is 11.1 Å². The molecule has 0 saturated heterocycles. The van der Waals surface area contributed by atoms with Crippen molar-refractivity contribution in [3.63, 3.8) is 0 Å². The molecule has 1 heterocycles. The van der Waals surface area contributed by atoms with E-state index < -0.39 is 17.4 Å². The van der Waals surface area contributed by atoms with Crippen molar-refractivity contribution in [3.8, 4) is 0 Å². The smallest absolute Gasteiger partial charge is 0.314 e. The quantitative estimate of drug-likeness (QED) is 0.408. The van der Waals surface area contributed by atoms with Crippen LogP contribution >= 0.6 is 0 Å². The molecule has 0 bridgehead atoms. The molecular weight excluding hydrogens is 408 g/mol. The van der Waals surface area contributed by atoms with Crippen LogP contribution < -0.4 is 16.0 Å². The number of carbonyl (C=O) groups is 3.